The lowest BCUT2D eigenvalue weighted by Gasteiger charge is -2.07. The molecule has 0 unspecified atom stereocenters. The SMILES string of the molecule is CC(C)c1ccc(CCCCCCCCOCc2ccccc2)cc1. The molecule has 0 bridgehead atoms. The van der Waals surface area contributed by atoms with Crippen molar-refractivity contribution in [3.63, 3.8) is 0 Å². The second kappa shape index (κ2) is 11.9. The molecule has 136 valence electrons. The van der Waals surface area contributed by atoms with Gasteiger partial charge in [0.05, 0.1) is 6.61 Å². The fourth-order valence-corrected chi connectivity index (χ4v) is 3.07. The van der Waals surface area contributed by atoms with Crippen molar-refractivity contribution in [2.24, 2.45) is 0 Å². The molecule has 0 heterocycles. The number of ether oxygens (including phenoxy) is 1. The molecular weight excluding hydrogens is 304 g/mol. The minimum absolute atomic E-state index is 0.630. The molecule has 0 N–H and O–H groups in total. The molecule has 0 fully saturated rings. The molecule has 2 aromatic carbocycles. The topological polar surface area (TPSA) is 9.23 Å². The van der Waals surface area contributed by atoms with Gasteiger partial charge in [-0.3, -0.25) is 0 Å². The van der Waals surface area contributed by atoms with Crippen LogP contribution in [0.25, 0.3) is 0 Å². The van der Waals surface area contributed by atoms with Gasteiger partial charge in [-0.1, -0.05) is 94.1 Å². The van der Waals surface area contributed by atoms with E-state index in [4.69, 9.17) is 4.74 Å². The van der Waals surface area contributed by atoms with Crippen molar-refractivity contribution in [2.75, 3.05) is 6.61 Å². The summed E-state index contributed by atoms with van der Waals surface area (Å²) >= 11 is 0. The summed E-state index contributed by atoms with van der Waals surface area (Å²) in [5.74, 6) is 0.630. The molecule has 0 saturated heterocycles. The van der Waals surface area contributed by atoms with E-state index in [0.717, 1.165) is 13.2 Å². The van der Waals surface area contributed by atoms with Gasteiger partial charge in [0.25, 0.3) is 0 Å². The fraction of sp³-hybridized carbons (Fsp3) is 0.500. The Hall–Kier alpha value is -1.60. The predicted octanol–water partition coefficient (Wildman–Crippen LogP) is 6.91. The van der Waals surface area contributed by atoms with Crippen LogP contribution in [0.4, 0.5) is 0 Å². The maximum atomic E-state index is 5.73. The first-order chi connectivity index (χ1) is 12.3. The van der Waals surface area contributed by atoms with Gasteiger partial charge in [-0.25, -0.2) is 0 Å². The zero-order valence-electron chi connectivity index (χ0n) is 16.0. The van der Waals surface area contributed by atoms with Crippen LogP contribution in [-0.4, -0.2) is 6.61 Å². The van der Waals surface area contributed by atoms with E-state index in [1.807, 2.05) is 6.07 Å². The summed E-state index contributed by atoms with van der Waals surface area (Å²) in [5.41, 5.74) is 4.20. The van der Waals surface area contributed by atoms with Crippen molar-refractivity contribution in [2.45, 2.75) is 71.3 Å². The Kier molecular flexibility index (Phi) is 9.36. The third kappa shape index (κ3) is 8.36. The molecular formula is C24H34O. The number of rotatable bonds is 12. The largest absolute Gasteiger partial charge is 0.377 e. The number of aryl methyl sites for hydroxylation is 1. The number of unbranched alkanes of at least 4 members (excludes halogenated alkanes) is 5. The molecule has 0 saturated carbocycles. The van der Waals surface area contributed by atoms with Crippen LogP contribution in [0.3, 0.4) is 0 Å². The summed E-state index contributed by atoms with van der Waals surface area (Å²) in [4.78, 5) is 0. The first-order valence-corrected chi connectivity index (χ1v) is 9.96. The zero-order valence-corrected chi connectivity index (χ0v) is 16.0. The molecule has 0 atom stereocenters. The fourth-order valence-electron chi connectivity index (χ4n) is 3.07. The Morgan fingerprint density at radius 1 is 0.680 bits per heavy atom. The Bertz CT molecular complexity index is 556. The maximum Gasteiger partial charge on any atom is 0.0716 e. The molecule has 2 rings (SSSR count). The van der Waals surface area contributed by atoms with Gasteiger partial charge in [0.1, 0.15) is 0 Å². The summed E-state index contributed by atoms with van der Waals surface area (Å²) in [6.45, 7) is 6.14. The second-order valence-electron chi connectivity index (χ2n) is 7.31. The van der Waals surface area contributed by atoms with Crippen molar-refractivity contribution < 1.29 is 4.74 Å². The highest BCUT2D eigenvalue weighted by Crippen LogP contribution is 2.16. The van der Waals surface area contributed by atoms with Gasteiger partial charge in [0.2, 0.25) is 0 Å². The molecule has 0 aliphatic carbocycles. The van der Waals surface area contributed by atoms with Gasteiger partial charge in [0, 0.05) is 6.61 Å². The summed E-state index contributed by atoms with van der Waals surface area (Å²) < 4.78 is 5.73. The van der Waals surface area contributed by atoms with Gasteiger partial charge in [-0.2, -0.15) is 0 Å². The molecule has 1 heteroatoms. The molecule has 0 aliphatic rings. The lowest BCUT2D eigenvalue weighted by Crippen LogP contribution is -1.95. The Morgan fingerprint density at radius 2 is 1.32 bits per heavy atom. The van der Waals surface area contributed by atoms with Gasteiger partial charge < -0.3 is 4.74 Å². The summed E-state index contributed by atoms with van der Waals surface area (Å²) in [6, 6.07) is 19.6. The molecule has 0 aliphatic heterocycles. The van der Waals surface area contributed by atoms with Crippen molar-refractivity contribution in [1.29, 1.82) is 0 Å². The summed E-state index contributed by atoms with van der Waals surface area (Å²) in [6.07, 6.45) is 9.03. The number of hydrogen-bond donors (Lipinski definition) is 0. The Balaban J connectivity index is 1.42. The highest BCUT2D eigenvalue weighted by atomic mass is 16.5. The third-order valence-electron chi connectivity index (χ3n) is 4.76. The van der Waals surface area contributed by atoms with Crippen LogP contribution >= 0.6 is 0 Å². The number of benzene rings is 2. The van der Waals surface area contributed by atoms with E-state index in [-0.39, 0.29) is 0 Å². The molecule has 0 amide bonds. The monoisotopic (exact) mass is 338 g/mol. The minimum atomic E-state index is 0.630. The van der Waals surface area contributed by atoms with Crippen LogP contribution in [0, 0.1) is 0 Å². The van der Waals surface area contributed by atoms with E-state index in [0.29, 0.717) is 5.92 Å². The van der Waals surface area contributed by atoms with Crippen LogP contribution in [0.15, 0.2) is 54.6 Å². The van der Waals surface area contributed by atoms with Crippen molar-refractivity contribution in [1.82, 2.24) is 0 Å². The zero-order chi connectivity index (χ0) is 17.7. The average Bonchev–Trinajstić information content (AvgIpc) is 2.64. The van der Waals surface area contributed by atoms with E-state index < -0.39 is 0 Å². The van der Waals surface area contributed by atoms with Gasteiger partial charge >= 0.3 is 0 Å². The molecule has 2 aromatic rings. The van der Waals surface area contributed by atoms with Crippen LogP contribution in [-0.2, 0) is 17.8 Å². The van der Waals surface area contributed by atoms with Crippen LogP contribution in [0.2, 0.25) is 0 Å². The Labute approximate surface area is 154 Å². The minimum Gasteiger partial charge on any atom is -0.377 e. The van der Waals surface area contributed by atoms with Crippen molar-refractivity contribution in [3.8, 4) is 0 Å². The van der Waals surface area contributed by atoms with Gasteiger partial charge in [-0.15, -0.1) is 0 Å². The standard InChI is InChI=1S/C24H34O/c1-21(2)24-17-15-22(16-18-24)12-8-5-3-4-6-11-19-25-20-23-13-9-7-10-14-23/h7,9-10,13-18,21H,3-6,8,11-12,19-20H2,1-2H3. The predicted molar refractivity (Wildman–Crippen MR) is 108 cm³/mol. The van der Waals surface area contributed by atoms with E-state index in [1.54, 1.807) is 0 Å². The normalized spacial score (nSPS) is 11.2. The number of hydrogen-bond acceptors (Lipinski definition) is 1. The van der Waals surface area contributed by atoms with E-state index >= 15 is 0 Å². The molecule has 25 heavy (non-hydrogen) atoms. The van der Waals surface area contributed by atoms with Crippen LogP contribution < -0.4 is 0 Å². The summed E-state index contributed by atoms with van der Waals surface area (Å²) in [5, 5.41) is 0. The highest BCUT2D eigenvalue weighted by Gasteiger charge is 1.99. The van der Waals surface area contributed by atoms with Crippen molar-refractivity contribution in [3.05, 3.63) is 71.3 Å². The lowest BCUT2D eigenvalue weighted by molar-refractivity contribution is 0.116. The van der Waals surface area contributed by atoms with E-state index in [2.05, 4.69) is 62.4 Å². The van der Waals surface area contributed by atoms with Crippen molar-refractivity contribution >= 4 is 0 Å². The summed E-state index contributed by atoms with van der Waals surface area (Å²) in [7, 11) is 0. The van der Waals surface area contributed by atoms with E-state index in [1.165, 1.54) is 61.6 Å². The van der Waals surface area contributed by atoms with Crippen LogP contribution in [0.5, 0.6) is 0 Å². The highest BCUT2D eigenvalue weighted by molar-refractivity contribution is 5.24. The first kappa shape index (κ1) is 19.7. The Morgan fingerprint density at radius 3 is 2.00 bits per heavy atom. The quantitative estimate of drug-likeness (QED) is 0.382. The van der Waals surface area contributed by atoms with Crippen LogP contribution in [0.1, 0.15) is 75.0 Å². The first-order valence-electron chi connectivity index (χ1n) is 9.96. The van der Waals surface area contributed by atoms with Gasteiger partial charge in [0.15, 0.2) is 0 Å². The molecule has 1 nitrogen and oxygen atoms in total. The average molecular weight is 339 g/mol. The molecule has 0 spiro atoms. The second-order valence-corrected chi connectivity index (χ2v) is 7.31. The van der Waals surface area contributed by atoms with E-state index in [9.17, 15) is 0 Å². The molecule has 0 aromatic heterocycles. The maximum absolute atomic E-state index is 5.73. The smallest absolute Gasteiger partial charge is 0.0716 e. The lowest BCUT2D eigenvalue weighted by atomic mass is 9.99. The third-order valence-corrected chi connectivity index (χ3v) is 4.76. The molecule has 0 radical (unpaired) electrons. The van der Waals surface area contributed by atoms with Gasteiger partial charge in [-0.05, 0) is 41.9 Å².